The maximum Gasteiger partial charge on any atom is 0.412 e. The zero-order valence-corrected chi connectivity index (χ0v) is 13.4. The summed E-state index contributed by atoms with van der Waals surface area (Å²) in [4.78, 5) is 13.9. The molecular weight excluding hydrogens is 333 g/mol. The average Bonchev–Trinajstić information content (AvgIpc) is 2.18. The van der Waals surface area contributed by atoms with E-state index in [1.165, 1.54) is 0 Å². The lowest BCUT2D eigenvalue weighted by atomic mass is 10.0. The van der Waals surface area contributed by atoms with Gasteiger partial charge in [0.1, 0.15) is 11.8 Å². The number of carbonyl (C=O) groups is 1. The van der Waals surface area contributed by atoms with Crippen LogP contribution in [0.2, 0.25) is 0 Å². The Hall–Kier alpha value is -0.0400. The molecule has 1 saturated heterocycles. The smallest absolute Gasteiger partial charge is 0.412 e. The number of halogens is 1. The lowest BCUT2D eigenvalue weighted by molar-refractivity contribution is -0.0764. The Morgan fingerprint density at radius 2 is 1.94 bits per heavy atom. The Morgan fingerprint density at radius 3 is 2.41 bits per heavy atom. The average molecular weight is 355 g/mol. The molecule has 0 aromatic heterocycles. The van der Waals surface area contributed by atoms with Gasteiger partial charge >= 0.3 is 6.09 Å². The lowest BCUT2D eigenvalue weighted by Crippen LogP contribution is -2.55. The molecule has 0 aromatic rings. The van der Waals surface area contributed by atoms with Crippen LogP contribution >= 0.6 is 22.6 Å². The first-order chi connectivity index (χ1) is 7.76. The van der Waals surface area contributed by atoms with Crippen LogP contribution in [0, 0.1) is 0 Å². The molecule has 0 aromatic carbocycles. The standard InChI is InChI=1S/C12H22INO3/c1-8-6-7-9(13)10(16-5)14(8)11(15)17-12(2,3)4/h8-10H,6-7H2,1-5H3. The van der Waals surface area contributed by atoms with Crippen molar-refractivity contribution in [2.24, 2.45) is 0 Å². The predicted octanol–water partition coefficient (Wildman–Crippen LogP) is 3.18. The van der Waals surface area contributed by atoms with E-state index in [-0.39, 0.29) is 18.4 Å². The Bertz CT molecular complexity index is 277. The summed E-state index contributed by atoms with van der Waals surface area (Å²) in [6.07, 6.45) is 1.60. The van der Waals surface area contributed by atoms with Crippen molar-refractivity contribution in [3.63, 3.8) is 0 Å². The minimum Gasteiger partial charge on any atom is -0.444 e. The van der Waals surface area contributed by atoms with Gasteiger partial charge in [-0.05, 0) is 40.5 Å². The van der Waals surface area contributed by atoms with Crippen LogP contribution in [0.5, 0.6) is 0 Å². The molecule has 4 nitrogen and oxygen atoms in total. The van der Waals surface area contributed by atoms with Crippen molar-refractivity contribution in [3.05, 3.63) is 0 Å². The molecule has 0 spiro atoms. The summed E-state index contributed by atoms with van der Waals surface area (Å²) in [5.41, 5.74) is -0.465. The van der Waals surface area contributed by atoms with E-state index in [9.17, 15) is 4.79 Å². The first-order valence-electron chi connectivity index (χ1n) is 5.94. The molecule has 100 valence electrons. The number of ether oxygens (including phenoxy) is 2. The number of alkyl halides is 1. The summed E-state index contributed by atoms with van der Waals surface area (Å²) in [6, 6.07) is 0.167. The van der Waals surface area contributed by atoms with E-state index in [0.29, 0.717) is 3.92 Å². The molecule has 1 amide bonds. The van der Waals surface area contributed by atoms with E-state index in [1.54, 1.807) is 12.0 Å². The number of amides is 1. The molecule has 0 aliphatic carbocycles. The van der Waals surface area contributed by atoms with Crippen LogP contribution in [-0.2, 0) is 9.47 Å². The molecule has 1 fully saturated rings. The molecule has 1 aliphatic rings. The Morgan fingerprint density at radius 1 is 1.35 bits per heavy atom. The Labute approximate surface area is 117 Å². The largest absolute Gasteiger partial charge is 0.444 e. The van der Waals surface area contributed by atoms with Gasteiger partial charge in [0.15, 0.2) is 0 Å². The van der Waals surface area contributed by atoms with E-state index in [4.69, 9.17) is 9.47 Å². The number of nitrogens with zero attached hydrogens (tertiary/aromatic N) is 1. The van der Waals surface area contributed by atoms with Gasteiger partial charge < -0.3 is 9.47 Å². The van der Waals surface area contributed by atoms with Gasteiger partial charge in [-0.2, -0.15) is 0 Å². The molecule has 5 heteroatoms. The number of likely N-dealkylation sites (tertiary alicyclic amines) is 1. The second-order valence-corrected chi connectivity index (χ2v) is 7.06. The maximum absolute atomic E-state index is 12.2. The van der Waals surface area contributed by atoms with Crippen molar-refractivity contribution < 1.29 is 14.3 Å². The molecule has 0 bridgehead atoms. The number of rotatable bonds is 1. The topological polar surface area (TPSA) is 38.8 Å². The van der Waals surface area contributed by atoms with Gasteiger partial charge in [-0.3, -0.25) is 4.90 Å². The quantitative estimate of drug-likeness (QED) is 0.536. The summed E-state index contributed by atoms with van der Waals surface area (Å²) >= 11 is 2.34. The molecule has 0 N–H and O–H groups in total. The van der Waals surface area contributed by atoms with Crippen molar-refractivity contribution in [1.82, 2.24) is 4.90 Å². The van der Waals surface area contributed by atoms with Crippen LogP contribution in [0.15, 0.2) is 0 Å². The molecular formula is C12H22INO3. The predicted molar refractivity (Wildman–Crippen MR) is 75.4 cm³/mol. The zero-order chi connectivity index (χ0) is 13.2. The third-order valence-electron chi connectivity index (χ3n) is 2.76. The highest BCUT2D eigenvalue weighted by molar-refractivity contribution is 14.1. The number of methoxy groups -OCH3 is 1. The van der Waals surface area contributed by atoms with Gasteiger partial charge in [-0.1, -0.05) is 22.6 Å². The highest BCUT2D eigenvalue weighted by Gasteiger charge is 2.39. The van der Waals surface area contributed by atoms with Gasteiger partial charge in [0.05, 0.1) is 3.92 Å². The van der Waals surface area contributed by atoms with E-state index >= 15 is 0 Å². The second kappa shape index (κ2) is 5.73. The number of hydrogen-bond donors (Lipinski definition) is 0. The fourth-order valence-electron chi connectivity index (χ4n) is 1.97. The van der Waals surface area contributed by atoms with Gasteiger partial charge in [-0.15, -0.1) is 0 Å². The zero-order valence-electron chi connectivity index (χ0n) is 11.2. The molecule has 0 saturated carbocycles. The van der Waals surface area contributed by atoms with Crippen LogP contribution in [0.25, 0.3) is 0 Å². The highest BCUT2D eigenvalue weighted by atomic mass is 127. The molecule has 1 aliphatic heterocycles. The first-order valence-corrected chi connectivity index (χ1v) is 7.19. The van der Waals surface area contributed by atoms with Crippen LogP contribution in [-0.4, -0.2) is 39.9 Å². The second-order valence-electron chi connectivity index (χ2n) is 5.46. The van der Waals surface area contributed by atoms with E-state index < -0.39 is 5.60 Å². The van der Waals surface area contributed by atoms with Crippen molar-refractivity contribution in [2.45, 2.75) is 62.3 Å². The molecule has 17 heavy (non-hydrogen) atoms. The number of hydrogen-bond acceptors (Lipinski definition) is 3. The van der Waals surface area contributed by atoms with E-state index in [0.717, 1.165) is 12.8 Å². The molecule has 1 heterocycles. The summed E-state index contributed by atoms with van der Waals surface area (Å²) < 4.78 is 11.2. The van der Waals surface area contributed by atoms with E-state index in [1.807, 2.05) is 27.7 Å². The van der Waals surface area contributed by atoms with Crippen molar-refractivity contribution in [2.75, 3.05) is 7.11 Å². The molecule has 1 rings (SSSR count). The first kappa shape index (κ1) is 15.0. The summed E-state index contributed by atoms with van der Waals surface area (Å²) in [7, 11) is 1.64. The normalized spacial score (nSPS) is 30.2. The van der Waals surface area contributed by atoms with Gasteiger partial charge in [0.25, 0.3) is 0 Å². The van der Waals surface area contributed by atoms with Crippen LogP contribution in [0.1, 0.15) is 40.5 Å². The minimum atomic E-state index is -0.465. The molecule has 3 atom stereocenters. The van der Waals surface area contributed by atoms with Crippen molar-refractivity contribution in [1.29, 1.82) is 0 Å². The van der Waals surface area contributed by atoms with Crippen LogP contribution < -0.4 is 0 Å². The van der Waals surface area contributed by atoms with Crippen molar-refractivity contribution >= 4 is 28.7 Å². The maximum atomic E-state index is 12.2. The molecule has 0 radical (unpaired) electrons. The van der Waals surface area contributed by atoms with E-state index in [2.05, 4.69) is 22.6 Å². The fraction of sp³-hybridized carbons (Fsp3) is 0.917. The lowest BCUT2D eigenvalue weighted by Gasteiger charge is -2.42. The summed E-state index contributed by atoms with van der Waals surface area (Å²) in [5.74, 6) is 0. The van der Waals surface area contributed by atoms with Crippen LogP contribution in [0.3, 0.4) is 0 Å². The Balaban J connectivity index is 2.79. The Kier molecular flexibility index (Phi) is 5.07. The minimum absolute atomic E-state index is 0.167. The van der Waals surface area contributed by atoms with Crippen LogP contribution in [0.4, 0.5) is 4.79 Å². The third-order valence-corrected chi connectivity index (χ3v) is 4.00. The number of carbonyl (C=O) groups excluding carboxylic acids is 1. The third kappa shape index (κ3) is 3.98. The van der Waals surface area contributed by atoms with Crippen molar-refractivity contribution in [3.8, 4) is 0 Å². The van der Waals surface area contributed by atoms with Gasteiger partial charge in [0, 0.05) is 13.2 Å². The SMILES string of the molecule is COC1C(I)CCC(C)N1C(=O)OC(C)(C)C. The summed E-state index contributed by atoms with van der Waals surface area (Å²) in [5, 5.41) is 0. The summed E-state index contributed by atoms with van der Waals surface area (Å²) in [6.45, 7) is 7.67. The highest BCUT2D eigenvalue weighted by Crippen LogP contribution is 2.30. The van der Waals surface area contributed by atoms with Gasteiger partial charge in [0.2, 0.25) is 0 Å². The van der Waals surface area contributed by atoms with Gasteiger partial charge in [-0.25, -0.2) is 4.79 Å². The fourth-order valence-corrected chi connectivity index (χ4v) is 2.97. The number of piperidine rings is 1. The monoisotopic (exact) mass is 355 g/mol. The molecule has 3 unspecified atom stereocenters.